The Bertz CT molecular complexity index is 465. The van der Waals surface area contributed by atoms with Crippen molar-refractivity contribution >= 4 is 5.69 Å². The predicted octanol–water partition coefficient (Wildman–Crippen LogP) is 3.10. The average Bonchev–Trinajstić information content (AvgIpc) is 2.46. The molecule has 0 aliphatic carbocycles. The van der Waals surface area contributed by atoms with Crippen molar-refractivity contribution in [1.82, 2.24) is 5.32 Å². The van der Waals surface area contributed by atoms with E-state index in [1.54, 1.807) is 7.11 Å². The van der Waals surface area contributed by atoms with Crippen LogP contribution in [-0.2, 0) is 0 Å². The molecule has 1 aromatic carbocycles. The van der Waals surface area contributed by atoms with E-state index in [-0.39, 0.29) is 6.04 Å². The molecule has 0 heterocycles. The van der Waals surface area contributed by atoms with Gasteiger partial charge in [0.2, 0.25) is 0 Å². The minimum atomic E-state index is 0.185. The molecule has 1 unspecified atom stereocenters. The van der Waals surface area contributed by atoms with E-state index >= 15 is 0 Å². The van der Waals surface area contributed by atoms with E-state index in [1.807, 2.05) is 19.2 Å². The summed E-state index contributed by atoms with van der Waals surface area (Å²) >= 11 is 0. The second kappa shape index (κ2) is 7.76. The summed E-state index contributed by atoms with van der Waals surface area (Å²) in [6.45, 7) is 7.13. The van der Waals surface area contributed by atoms with E-state index in [0.29, 0.717) is 12.5 Å². The molecule has 0 saturated heterocycles. The van der Waals surface area contributed by atoms with Gasteiger partial charge < -0.3 is 15.0 Å². The first kappa shape index (κ1) is 16.3. The third kappa shape index (κ3) is 3.64. The fourth-order valence-corrected chi connectivity index (χ4v) is 2.37. The fraction of sp³-hybridized carbons (Fsp3) is 0.562. The highest BCUT2D eigenvalue weighted by Gasteiger charge is 2.20. The van der Waals surface area contributed by atoms with Crippen LogP contribution in [0.4, 0.5) is 5.69 Å². The summed E-state index contributed by atoms with van der Waals surface area (Å²) in [5, 5.41) is 12.1. The molecule has 1 rings (SSSR count). The number of ether oxygens (including phenoxy) is 1. The molecule has 1 aromatic rings. The summed E-state index contributed by atoms with van der Waals surface area (Å²) in [4.78, 5) is 2.26. The SMILES string of the molecule is CNC(C)c1c(OC)cccc1N(CCC#N)C(C)C. The van der Waals surface area contributed by atoms with Crippen LogP contribution in [0.1, 0.15) is 38.8 Å². The van der Waals surface area contributed by atoms with Crippen LogP contribution in [0.15, 0.2) is 18.2 Å². The van der Waals surface area contributed by atoms with Crippen molar-refractivity contribution in [3.63, 3.8) is 0 Å². The highest BCUT2D eigenvalue weighted by molar-refractivity contribution is 5.61. The molecule has 20 heavy (non-hydrogen) atoms. The molecule has 0 aliphatic rings. The Kier molecular flexibility index (Phi) is 6.33. The normalized spacial score (nSPS) is 12.1. The zero-order valence-electron chi connectivity index (χ0n) is 13.1. The Hall–Kier alpha value is -1.73. The number of nitrogens with zero attached hydrogens (tertiary/aromatic N) is 2. The number of anilines is 1. The van der Waals surface area contributed by atoms with Crippen LogP contribution in [0.2, 0.25) is 0 Å². The van der Waals surface area contributed by atoms with Gasteiger partial charge in [0.1, 0.15) is 5.75 Å². The van der Waals surface area contributed by atoms with E-state index in [4.69, 9.17) is 10.00 Å². The van der Waals surface area contributed by atoms with Crippen molar-refractivity contribution in [3.8, 4) is 11.8 Å². The average molecular weight is 275 g/mol. The van der Waals surface area contributed by atoms with Gasteiger partial charge in [-0.1, -0.05) is 6.07 Å². The lowest BCUT2D eigenvalue weighted by atomic mass is 10.0. The molecule has 0 bridgehead atoms. The first-order valence-corrected chi connectivity index (χ1v) is 7.04. The molecule has 0 aliphatic heterocycles. The van der Waals surface area contributed by atoms with Gasteiger partial charge in [0.25, 0.3) is 0 Å². The molecule has 0 radical (unpaired) electrons. The molecule has 4 nitrogen and oxygen atoms in total. The Labute approximate surface area is 122 Å². The first-order valence-electron chi connectivity index (χ1n) is 7.04. The van der Waals surface area contributed by atoms with Gasteiger partial charge in [0, 0.05) is 29.9 Å². The van der Waals surface area contributed by atoms with E-state index in [9.17, 15) is 0 Å². The minimum absolute atomic E-state index is 0.185. The van der Waals surface area contributed by atoms with Crippen molar-refractivity contribution in [1.29, 1.82) is 5.26 Å². The lowest BCUT2D eigenvalue weighted by Crippen LogP contribution is -2.33. The smallest absolute Gasteiger partial charge is 0.125 e. The second-order valence-corrected chi connectivity index (χ2v) is 5.10. The lowest BCUT2D eigenvalue weighted by molar-refractivity contribution is 0.403. The van der Waals surface area contributed by atoms with Crippen LogP contribution < -0.4 is 15.0 Å². The van der Waals surface area contributed by atoms with Crippen molar-refractivity contribution in [2.75, 3.05) is 25.6 Å². The van der Waals surface area contributed by atoms with Crippen molar-refractivity contribution in [2.24, 2.45) is 0 Å². The number of hydrogen-bond donors (Lipinski definition) is 1. The maximum atomic E-state index is 8.86. The summed E-state index contributed by atoms with van der Waals surface area (Å²) in [6, 6.07) is 8.83. The van der Waals surface area contributed by atoms with Gasteiger partial charge in [-0.15, -0.1) is 0 Å². The number of nitrogens with one attached hydrogen (secondary N) is 1. The van der Waals surface area contributed by atoms with Gasteiger partial charge in [0.15, 0.2) is 0 Å². The van der Waals surface area contributed by atoms with Crippen LogP contribution in [0, 0.1) is 11.3 Å². The van der Waals surface area contributed by atoms with Gasteiger partial charge in [-0.2, -0.15) is 5.26 Å². The van der Waals surface area contributed by atoms with Crippen LogP contribution in [0.3, 0.4) is 0 Å². The van der Waals surface area contributed by atoms with E-state index in [2.05, 4.69) is 43.1 Å². The van der Waals surface area contributed by atoms with Gasteiger partial charge in [-0.3, -0.25) is 0 Å². The van der Waals surface area contributed by atoms with Crippen molar-refractivity contribution in [2.45, 2.75) is 39.3 Å². The zero-order valence-corrected chi connectivity index (χ0v) is 13.1. The third-order valence-electron chi connectivity index (χ3n) is 3.53. The molecule has 1 N–H and O–H groups in total. The maximum Gasteiger partial charge on any atom is 0.125 e. The summed E-state index contributed by atoms with van der Waals surface area (Å²) in [5.74, 6) is 0.881. The summed E-state index contributed by atoms with van der Waals surface area (Å²) in [5.41, 5.74) is 2.28. The van der Waals surface area contributed by atoms with Gasteiger partial charge >= 0.3 is 0 Å². The molecular weight excluding hydrogens is 250 g/mol. The van der Waals surface area contributed by atoms with Gasteiger partial charge in [-0.25, -0.2) is 0 Å². The summed E-state index contributed by atoms with van der Waals surface area (Å²) in [7, 11) is 3.63. The fourth-order valence-electron chi connectivity index (χ4n) is 2.37. The first-order chi connectivity index (χ1) is 9.56. The Balaban J connectivity index is 3.29. The standard InChI is InChI=1S/C16H25N3O/c1-12(2)19(11-7-10-17)14-8-6-9-15(20-5)16(14)13(3)18-4/h6,8-9,12-13,18H,7,11H2,1-5H3. The molecule has 110 valence electrons. The molecule has 0 aromatic heterocycles. The van der Waals surface area contributed by atoms with E-state index < -0.39 is 0 Å². The van der Waals surface area contributed by atoms with Gasteiger partial charge in [0.05, 0.1) is 19.6 Å². The van der Waals surface area contributed by atoms with Crippen LogP contribution in [0.5, 0.6) is 5.75 Å². The van der Waals surface area contributed by atoms with Crippen LogP contribution in [-0.4, -0.2) is 26.7 Å². The zero-order chi connectivity index (χ0) is 15.1. The lowest BCUT2D eigenvalue weighted by Gasteiger charge is -2.32. The number of hydrogen-bond acceptors (Lipinski definition) is 4. The number of methoxy groups -OCH3 is 1. The Morgan fingerprint density at radius 1 is 1.35 bits per heavy atom. The highest BCUT2D eigenvalue weighted by Crippen LogP contribution is 2.35. The monoisotopic (exact) mass is 275 g/mol. The molecule has 0 amide bonds. The van der Waals surface area contributed by atoms with Crippen LogP contribution >= 0.6 is 0 Å². The molecule has 0 fully saturated rings. The molecule has 4 heteroatoms. The number of rotatable bonds is 7. The van der Waals surface area contributed by atoms with Crippen molar-refractivity contribution in [3.05, 3.63) is 23.8 Å². The number of benzene rings is 1. The highest BCUT2D eigenvalue weighted by atomic mass is 16.5. The van der Waals surface area contributed by atoms with Crippen LogP contribution in [0.25, 0.3) is 0 Å². The third-order valence-corrected chi connectivity index (χ3v) is 3.53. The Morgan fingerprint density at radius 3 is 2.55 bits per heavy atom. The Morgan fingerprint density at radius 2 is 2.05 bits per heavy atom. The van der Waals surface area contributed by atoms with Crippen molar-refractivity contribution < 1.29 is 4.74 Å². The second-order valence-electron chi connectivity index (χ2n) is 5.10. The van der Waals surface area contributed by atoms with E-state index in [0.717, 1.165) is 23.5 Å². The summed E-state index contributed by atoms with van der Waals surface area (Å²) in [6.07, 6.45) is 0.517. The summed E-state index contributed by atoms with van der Waals surface area (Å²) < 4.78 is 5.51. The molecular formula is C16H25N3O. The quantitative estimate of drug-likeness (QED) is 0.830. The van der Waals surface area contributed by atoms with Gasteiger partial charge in [-0.05, 0) is 40.0 Å². The molecule has 0 saturated carbocycles. The maximum absolute atomic E-state index is 8.86. The van der Waals surface area contributed by atoms with E-state index in [1.165, 1.54) is 0 Å². The molecule has 0 spiro atoms. The minimum Gasteiger partial charge on any atom is -0.496 e. The topological polar surface area (TPSA) is 48.3 Å². The largest absolute Gasteiger partial charge is 0.496 e. The number of nitriles is 1. The molecule has 1 atom stereocenters. The predicted molar refractivity (Wildman–Crippen MR) is 83.2 cm³/mol.